The number of hydrogen-bond donors (Lipinski definition) is 1. The van der Waals surface area contributed by atoms with Gasteiger partial charge in [-0.2, -0.15) is 4.98 Å². The number of nitrogens with one attached hydrogen (secondary N) is 1. The number of para-hydroxylation sites is 1. The molecule has 1 N–H and O–H groups in total. The first-order valence-corrected chi connectivity index (χ1v) is 9.15. The van der Waals surface area contributed by atoms with Crippen LogP contribution in [-0.2, 0) is 11.3 Å². The SMILES string of the molecule is COc1ccccc1-c1noc(CN2C(=O)N[C@@]3(CCCC[C@@H]3C)C2=O)n1. The molecule has 0 bridgehead atoms. The number of aromatic nitrogens is 2. The van der Waals surface area contributed by atoms with Crippen molar-refractivity contribution in [1.82, 2.24) is 20.4 Å². The maximum Gasteiger partial charge on any atom is 0.325 e. The van der Waals surface area contributed by atoms with Crippen molar-refractivity contribution in [2.75, 3.05) is 7.11 Å². The molecule has 1 aliphatic heterocycles. The number of hydrogen-bond acceptors (Lipinski definition) is 6. The molecule has 2 fully saturated rings. The molecule has 2 heterocycles. The van der Waals surface area contributed by atoms with Crippen molar-refractivity contribution >= 4 is 11.9 Å². The van der Waals surface area contributed by atoms with Gasteiger partial charge in [-0.05, 0) is 30.9 Å². The number of rotatable bonds is 4. The smallest absolute Gasteiger partial charge is 0.325 e. The highest BCUT2D eigenvalue weighted by Gasteiger charge is 2.55. The third-order valence-corrected chi connectivity index (χ3v) is 5.61. The lowest BCUT2D eigenvalue weighted by atomic mass is 9.73. The molecule has 142 valence electrons. The van der Waals surface area contributed by atoms with Gasteiger partial charge in [0.25, 0.3) is 5.91 Å². The Balaban J connectivity index is 1.56. The fourth-order valence-electron chi connectivity index (χ4n) is 4.03. The van der Waals surface area contributed by atoms with Gasteiger partial charge in [0.2, 0.25) is 11.7 Å². The Kier molecular flexibility index (Phi) is 4.33. The lowest BCUT2D eigenvalue weighted by Gasteiger charge is -2.36. The molecule has 2 atom stereocenters. The summed E-state index contributed by atoms with van der Waals surface area (Å²) in [5.74, 6) is 1.10. The van der Waals surface area contributed by atoms with E-state index in [0.29, 0.717) is 23.6 Å². The van der Waals surface area contributed by atoms with Crippen LogP contribution >= 0.6 is 0 Å². The largest absolute Gasteiger partial charge is 0.496 e. The maximum absolute atomic E-state index is 13.0. The summed E-state index contributed by atoms with van der Waals surface area (Å²) in [5.41, 5.74) is -0.106. The fourth-order valence-corrected chi connectivity index (χ4v) is 4.03. The van der Waals surface area contributed by atoms with Crippen LogP contribution in [0.3, 0.4) is 0 Å². The van der Waals surface area contributed by atoms with Gasteiger partial charge in [-0.1, -0.05) is 37.1 Å². The van der Waals surface area contributed by atoms with E-state index in [1.165, 1.54) is 4.90 Å². The standard InChI is InChI=1S/C19H22N4O4/c1-12-7-5-6-10-19(12)17(24)23(18(25)21-19)11-15-20-16(22-27-15)13-8-3-4-9-14(13)26-2/h3-4,8-9,12H,5-7,10-11H2,1-2H3,(H,21,25)/t12-,19+/m0/s1. The third-order valence-electron chi connectivity index (χ3n) is 5.61. The van der Waals surface area contributed by atoms with Crippen LogP contribution < -0.4 is 10.1 Å². The zero-order valence-corrected chi connectivity index (χ0v) is 15.4. The Morgan fingerprint density at radius 1 is 1.33 bits per heavy atom. The second kappa shape index (κ2) is 6.68. The lowest BCUT2D eigenvalue weighted by Crippen LogP contribution is -2.53. The molecule has 2 aromatic rings. The van der Waals surface area contributed by atoms with E-state index < -0.39 is 11.6 Å². The quantitative estimate of drug-likeness (QED) is 0.831. The summed E-state index contributed by atoms with van der Waals surface area (Å²) in [7, 11) is 1.57. The van der Waals surface area contributed by atoms with Gasteiger partial charge >= 0.3 is 6.03 Å². The van der Waals surface area contributed by atoms with E-state index in [-0.39, 0.29) is 24.3 Å². The highest BCUT2D eigenvalue weighted by atomic mass is 16.5. The summed E-state index contributed by atoms with van der Waals surface area (Å²) in [4.78, 5) is 31.0. The normalized spacial score (nSPS) is 25.1. The lowest BCUT2D eigenvalue weighted by molar-refractivity contribution is -0.134. The van der Waals surface area contributed by atoms with Crippen LogP contribution in [0.5, 0.6) is 5.75 Å². The zero-order chi connectivity index (χ0) is 19.0. The van der Waals surface area contributed by atoms with Crippen molar-refractivity contribution in [3.8, 4) is 17.1 Å². The first-order valence-electron chi connectivity index (χ1n) is 9.15. The molecule has 0 unspecified atom stereocenters. The average molecular weight is 370 g/mol. The Bertz CT molecular complexity index is 880. The highest BCUT2D eigenvalue weighted by Crippen LogP contribution is 2.38. The summed E-state index contributed by atoms with van der Waals surface area (Å²) in [6.07, 6.45) is 3.62. The van der Waals surface area contributed by atoms with Crippen molar-refractivity contribution in [3.63, 3.8) is 0 Å². The molecule has 3 amide bonds. The molecule has 1 saturated carbocycles. The molecule has 1 saturated heterocycles. The van der Waals surface area contributed by atoms with Crippen LogP contribution in [-0.4, -0.2) is 39.6 Å². The van der Waals surface area contributed by atoms with Gasteiger partial charge in [0.15, 0.2) is 0 Å². The predicted molar refractivity (Wildman–Crippen MR) is 95.7 cm³/mol. The number of urea groups is 1. The molecule has 1 spiro atoms. The number of amides is 3. The van der Waals surface area contributed by atoms with E-state index in [9.17, 15) is 9.59 Å². The summed E-state index contributed by atoms with van der Waals surface area (Å²) < 4.78 is 10.6. The number of methoxy groups -OCH3 is 1. The molecule has 1 aromatic carbocycles. The molecule has 0 radical (unpaired) electrons. The maximum atomic E-state index is 13.0. The predicted octanol–water partition coefficient (Wildman–Crippen LogP) is 2.75. The average Bonchev–Trinajstić information content (AvgIpc) is 3.24. The summed E-state index contributed by atoms with van der Waals surface area (Å²) in [6.45, 7) is 1.98. The van der Waals surface area contributed by atoms with Gasteiger partial charge < -0.3 is 14.6 Å². The molecular weight excluding hydrogens is 348 g/mol. The molecule has 1 aliphatic carbocycles. The number of carbonyl (C=O) groups excluding carboxylic acids is 2. The first-order chi connectivity index (χ1) is 13.0. The van der Waals surface area contributed by atoms with Crippen molar-refractivity contribution in [3.05, 3.63) is 30.2 Å². The number of nitrogens with zero attached hydrogens (tertiary/aromatic N) is 3. The zero-order valence-electron chi connectivity index (χ0n) is 15.4. The first kappa shape index (κ1) is 17.5. The minimum atomic E-state index is -0.791. The van der Waals surface area contributed by atoms with E-state index in [4.69, 9.17) is 9.26 Å². The van der Waals surface area contributed by atoms with Crippen molar-refractivity contribution in [2.45, 2.75) is 44.7 Å². The Morgan fingerprint density at radius 3 is 2.93 bits per heavy atom. The van der Waals surface area contributed by atoms with Crippen molar-refractivity contribution < 1.29 is 18.8 Å². The van der Waals surface area contributed by atoms with E-state index >= 15 is 0 Å². The molecule has 27 heavy (non-hydrogen) atoms. The molecule has 8 nitrogen and oxygen atoms in total. The Labute approximate surface area is 156 Å². The topological polar surface area (TPSA) is 97.6 Å². The summed E-state index contributed by atoms with van der Waals surface area (Å²) in [6, 6.07) is 6.92. The fraction of sp³-hybridized carbons (Fsp3) is 0.474. The minimum Gasteiger partial charge on any atom is -0.496 e. The monoisotopic (exact) mass is 370 g/mol. The Hall–Kier alpha value is -2.90. The van der Waals surface area contributed by atoms with E-state index in [2.05, 4.69) is 15.5 Å². The number of ether oxygens (including phenoxy) is 1. The van der Waals surface area contributed by atoms with Crippen LogP contribution in [0.2, 0.25) is 0 Å². The molecule has 1 aromatic heterocycles. The number of imide groups is 1. The molecular formula is C19H22N4O4. The van der Waals surface area contributed by atoms with E-state index in [0.717, 1.165) is 19.3 Å². The van der Waals surface area contributed by atoms with Crippen molar-refractivity contribution in [1.29, 1.82) is 0 Å². The summed E-state index contributed by atoms with van der Waals surface area (Å²) >= 11 is 0. The minimum absolute atomic E-state index is 0.0404. The van der Waals surface area contributed by atoms with Gasteiger partial charge in [-0.3, -0.25) is 9.69 Å². The Morgan fingerprint density at radius 2 is 2.15 bits per heavy atom. The van der Waals surface area contributed by atoms with Gasteiger partial charge in [0, 0.05) is 0 Å². The van der Waals surface area contributed by atoms with Crippen LogP contribution in [0.4, 0.5) is 4.79 Å². The van der Waals surface area contributed by atoms with Gasteiger partial charge in [0.05, 0.1) is 12.7 Å². The number of carbonyl (C=O) groups is 2. The van der Waals surface area contributed by atoms with Gasteiger partial charge in [-0.15, -0.1) is 0 Å². The van der Waals surface area contributed by atoms with Crippen LogP contribution in [0.25, 0.3) is 11.4 Å². The van der Waals surface area contributed by atoms with E-state index in [1.807, 2.05) is 25.1 Å². The van der Waals surface area contributed by atoms with Gasteiger partial charge in [-0.25, -0.2) is 4.79 Å². The summed E-state index contributed by atoms with van der Waals surface area (Å²) in [5, 5.41) is 6.89. The van der Waals surface area contributed by atoms with Crippen LogP contribution in [0, 0.1) is 5.92 Å². The van der Waals surface area contributed by atoms with Crippen LogP contribution in [0.15, 0.2) is 28.8 Å². The molecule has 4 rings (SSSR count). The van der Waals surface area contributed by atoms with Crippen molar-refractivity contribution in [2.24, 2.45) is 5.92 Å². The second-order valence-corrected chi connectivity index (χ2v) is 7.15. The van der Waals surface area contributed by atoms with Gasteiger partial charge in [0.1, 0.15) is 17.8 Å². The number of benzene rings is 1. The molecule has 8 heteroatoms. The van der Waals surface area contributed by atoms with E-state index in [1.54, 1.807) is 13.2 Å². The van der Waals surface area contributed by atoms with Crippen LogP contribution in [0.1, 0.15) is 38.5 Å². The third kappa shape index (κ3) is 2.85. The highest BCUT2D eigenvalue weighted by molar-refractivity contribution is 6.07. The second-order valence-electron chi connectivity index (χ2n) is 7.15. The molecule has 2 aliphatic rings.